The fourth-order valence-electron chi connectivity index (χ4n) is 4.45. The Kier molecular flexibility index (Phi) is 9.06. The zero-order valence-electron chi connectivity index (χ0n) is 22.2. The highest BCUT2D eigenvalue weighted by Crippen LogP contribution is 2.34. The Bertz CT molecular complexity index is 2090. The van der Waals surface area contributed by atoms with Crippen LogP contribution in [0.25, 0.3) is 21.5 Å². The van der Waals surface area contributed by atoms with Gasteiger partial charge in [0.05, 0.1) is 45.9 Å². The second-order valence-corrected chi connectivity index (χ2v) is 16.2. The van der Waals surface area contributed by atoms with Crippen molar-refractivity contribution in [3.63, 3.8) is 0 Å². The summed E-state index contributed by atoms with van der Waals surface area (Å²) in [7, 11) is -17.9. The lowest BCUT2D eigenvalue weighted by Gasteiger charge is -2.16. The van der Waals surface area contributed by atoms with Gasteiger partial charge in [0.15, 0.2) is 19.7 Å². The molecule has 0 bridgehead atoms. The fraction of sp³-hybridized carbons (Fsp3) is 0.160. The molecule has 0 saturated carbocycles. The Balaban J connectivity index is 1.75. The van der Waals surface area contributed by atoms with Crippen molar-refractivity contribution in [2.75, 3.05) is 35.4 Å². The minimum absolute atomic E-state index is 0.0474. The molecule has 4 aromatic rings. The van der Waals surface area contributed by atoms with Crippen LogP contribution in [-0.4, -0.2) is 83.7 Å². The predicted molar refractivity (Wildman–Crippen MR) is 158 cm³/mol. The molecular formula is C25H24N2O13S4. The van der Waals surface area contributed by atoms with E-state index in [4.69, 9.17) is 10.2 Å². The van der Waals surface area contributed by atoms with Gasteiger partial charge in [-0.15, -0.1) is 0 Å². The second-order valence-electron chi connectivity index (χ2n) is 9.26. The molecule has 0 heterocycles. The number of nitrogens with one attached hydrogen (secondary N) is 2. The first-order valence-corrected chi connectivity index (χ1v) is 18.4. The molecule has 0 radical (unpaired) electrons. The van der Waals surface area contributed by atoms with Crippen LogP contribution in [0.3, 0.4) is 0 Å². The highest BCUT2D eigenvalue weighted by Gasteiger charge is 2.25. The highest BCUT2D eigenvalue weighted by molar-refractivity contribution is 7.91. The molecule has 2 amide bonds. The summed E-state index contributed by atoms with van der Waals surface area (Å²) < 4.78 is 118. The first kappa shape index (κ1) is 33.2. The molecule has 0 aliphatic rings. The predicted octanol–water partition coefficient (Wildman–Crippen LogP) is 1.66. The van der Waals surface area contributed by atoms with E-state index in [2.05, 4.69) is 10.6 Å². The third-order valence-corrected chi connectivity index (χ3v) is 11.6. The largest absolute Gasteiger partial charge is 0.395 e. The second kappa shape index (κ2) is 12.0. The van der Waals surface area contributed by atoms with Crippen LogP contribution in [0.4, 0.5) is 16.2 Å². The quantitative estimate of drug-likeness (QED) is 0.130. The number of benzene rings is 4. The van der Waals surface area contributed by atoms with E-state index >= 15 is 0 Å². The Morgan fingerprint density at radius 2 is 0.932 bits per heavy atom. The fourth-order valence-corrected chi connectivity index (χ4v) is 8.29. The zero-order chi connectivity index (χ0) is 32.7. The lowest BCUT2D eigenvalue weighted by molar-refractivity contribution is 0.262. The zero-order valence-corrected chi connectivity index (χ0v) is 25.5. The van der Waals surface area contributed by atoms with Crippen molar-refractivity contribution in [3.8, 4) is 0 Å². The molecule has 4 aromatic carbocycles. The molecule has 15 nitrogen and oxygen atoms in total. The summed E-state index contributed by atoms with van der Waals surface area (Å²) in [6, 6.07) is 9.89. The van der Waals surface area contributed by atoms with E-state index in [0.29, 0.717) is 0 Å². The van der Waals surface area contributed by atoms with Crippen LogP contribution < -0.4 is 10.6 Å². The third kappa shape index (κ3) is 6.84. The van der Waals surface area contributed by atoms with Gasteiger partial charge in [0, 0.05) is 10.8 Å². The van der Waals surface area contributed by atoms with E-state index in [-0.39, 0.29) is 31.3 Å². The van der Waals surface area contributed by atoms with Gasteiger partial charge in [0.1, 0.15) is 9.79 Å². The highest BCUT2D eigenvalue weighted by atomic mass is 32.2. The van der Waals surface area contributed by atoms with Crippen LogP contribution >= 0.6 is 0 Å². The van der Waals surface area contributed by atoms with Gasteiger partial charge >= 0.3 is 6.03 Å². The van der Waals surface area contributed by atoms with Crippen LogP contribution in [0, 0.1) is 0 Å². The molecule has 4 rings (SSSR count). The van der Waals surface area contributed by atoms with E-state index in [0.717, 1.165) is 48.5 Å². The van der Waals surface area contributed by atoms with E-state index in [1.165, 1.54) is 12.1 Å². The monoisotopic (exact) mass is 688 g/mol. The molecule has 19 heteroatoms. The number of amides is 2. The van der Waals surface area contributed by atoms with Crippen LogP contribution in [-0.2, 0) is 39.9 Å². The number of urea groups is 1. The molecule has 0 fully saturated rings. The number of anilines is 2. The number of aliphatic hydroxyl groups is 2. The number of hydrogen-bond donors (Lipinski definition) is 6. The molecule has 0 aliphatic carbocycles. The van der Waals surface area contributed by atoms with Gasteiger partial charge in [-0.1, -0.05) is 24.3 Å². The smallest absolute Gasteiger partial charge is 0.323 e. The van der Waals surface area contributed by atoms with E-state index < -0.39 is 91.8 Å². The minimum Gasteiger partial charge on any atom is -0.395 e. The Labute approximate surface area is 251 Å². The van der Waals surface area contributed by atoms with Crippen molar-refractivity contribution in [2.24, 2.45) is 0 Å². The van der Waals surface area contributed by atoms with E-state index in [9.17, 15) is 47.6 Å². The molecule has 0 saturated heterocycles. The Hall–Kier alpha value is -3.69. The van der Waals surface area contributed by atoms with Crippen LogP contribution in [0.1, 0.15) is 0 Å². The molecule has 0 aliphatic heterocycles. The normalized spacial score (nSPS) is 12.8. The maximum absolute atomic E-state index is 12.9. The van der Waals surface area contributed by atoms with Gasteiger partial charge in [-0.25, -0.2) is 21.6 Å². The third-order valence-electron chi connectivity index (χ3n) is 6.33. The summed E-state index contributed by atoms with van der Waals surface area (Å²) in [4.78, 5) is 10.9. The number of fused-ring (bicyclic) bond motifs is 2. The summed E-state index contributed by atoms with van der Waals surface area (Å²) in [6.07, 6.45) is 0. The average molecular weight is 689 g/mol. The molecule has 44 heavy (non-hydrogen) atoms. The topological polar surface area (TPSA) is 259 Å². The molecule has 0 aromatic heterocycles. The molecular weight excluding hydrogens is 665 g/mol. The SMILES string of the molecule is O=C(Nc1ccc2cc(S(=O)(=O)CCO)ccc2c1S(=O)(=O)O)Nc1ccc2cc(S(=O)(=O)CCO)ccc2c1S(=O)(=O)O. The standard InChI is InChI=1S/C25H24N2O13S4/c28-9-11-41(31,32)17-3-5-19-15(13-17)1-7-21(23(19)43(35,36)37)26-25(30)27-22-8-2-16-14-18(42(33,34)12-10-29)4-6-20(16)24(22)44(38,39)40/h1-8,13-14,28-29H,9-12H2,(H2,26,27,30)(H,35,36,37)(H,38,39,40). The first-order valence-electron chi connectivity index (χ1n) is 12.2. The molecule has 0 unspecified atom stereocenters. The lowest BCUT2D eigenvalue weighted by atomic mass is 10.1. The van der Waals surface area contributed by atoms with Gasteiger partial charge < -0.3 is 20.8 Å². The molecule has 0 spiro atoms. The number of rotatable bonds is 10. The van der Waals surface area contributed by atoms with Crippen molar-refractivity contribution in [2.45, 2.75) is 19.6 Å². The minimum atomic E-state index is -5.05. The summed E-state index contributed by atoms with van der Waals surface area (Å²) in [6.45, 7) is -1.31. The molecule has 236 valence electrons. The maximum Gasteiger partial charge on any atom is 0.323 e. The van der Waals surface area contributed by atoms with Gasteiger partial charge in [0.2, 0.25) is 0 Å². The van der Waals surface area contributed by atoms with Crippen LogP contribution in [0.15, 0.2) is 80.2 Å². The van der Waals surface area contributed by atoms with Crippen LogP contribution in [0.2, 0.25) is 0 Å². The molecule has 0 atom stereocenters. The van der Waals surface area contributed by atoms with Crippen molar-refractivity contribution in [1.82, 2.24) is 0 Å². The van der Waals surface area contributed by atoms with Crippen molar-refractivity contribution in [3.05, 3.63) is 60.7 Å². The summed E-state index contributed by atoms with van der Waals surface area (Å²) in [5.74, 6) is -1.18. The van der Waals surface area contributed by atoms with Crippen molar-refractivity contribution in [1.29, 1.82) is 0 Å². The number of carbonyl (C=O) groups is 1. The van der Waals surface area contributed by atoms with Gasteiger partial charge in [-0.2, -0.15) is 16.8 Å². The van der Waals surface area contributed by atoms with Crippen LogP contribution in [0.5, 0.6) is 0 Å². The van der Waals surface area contributed by atoms with E-state index in [1.807, 2.05) is 0 Å². The number of aliphatic hydroxyl groups excluding tert-OH is 2. The summed E-state index contributed by atoms with van der Waals surface area (Å²) >= 11 is 0. The summed E-state index contributed by atoms with van der Waals surface area (Å²) in [5.41, 5.74) is -0.951. The van der Waals surface area contributed by atoms with Crippen molar-refractivity contribution < 1.29 is 57.8 Å². The maximum atomic E-state index is 12.9. The van der Waals surface area contributed by atoms with E-state index in [1.54, 1.807) is 0 Å². The Morgan fingerprint density at radius 1 is 0.568 bits per heavy atom. The number of carbonyl (C=O) groups excluding carboxylic acids is 1. The van der Waals surface area contributed by atoms with Gasteiger partial charge in [0.25, 0.3) is 20.2 Å². The average Bonchev–Trinajstić information content (AvgIpc) is 2.90. The van der Waals surface area contributed by atoms with Gasteiger partial charge in [-0.3, -0.25) is 9.11 Å². The van der Waals surface area contributed by atoms with Gasteiger partial charge in [-0.05, 0) is 47.2 Å². The van der Waals surface area contributed by atoms with Crippen molar-refractivity contribution >= 4 is 78.9 Å². The first-order chi connectivity index (χ1) is 20.4. The molecule has 6 N–H and O–H groups in total. The lowest BCUT2D eigenvalue weighted by Crippen LogP contribution is -2.22. The number of hydrogen-bond acceptors (Lipinski definition) is 11. The Morgan fingerprint density at radius 3 is 1.25 bits per heavy atom. The summed E-state index contributed by atoms with van der Waals surface area (Å²) in [5, 5.41) is 22.1. The number of sulfone groups is 2.